The van der Waals surface area contributed by atoms with Gasteiger partial charge in [0.15, 0.2) is 5.82 Å². The summed E-state index contributed by atoms with van der Waals surface area (Å²) in [6.07, 6.45) is 8.25. The third-order valence-corrected chi connectivity index (χ3v) is 5.69. The third-order valence-electron chi connectivity index (χ3n) is 5.69. The zero-order chi connectivity index (χ0) is 18.5. The summed E-state index contributed by atoms with van der Waals surface area (Å²) in [6, 6.07) is 5.98. The molecule has 6 heteroatoms. The normalized spacial score (nSPS) is 19.9. The van der Waals surface area contributed by atoms with E-state index in [1.54, 1.807) is 12.4 Å². The number of likely N-dealkylation sites (tertiary alicyclic amines) is 1. The summed E-state index contributed by atoms with van der Waals surface area (Å²) in [5.74, 6) is 2.93. The number of aryl methyl sites for hydroxylation is 1. The Hall–Kier alpha value is -2.05. The van der Waals surface area contributed by atoms with Crippen LogP contribution in [0.1, 0.15) is 43.0 Å². The Morgan fingerprint density at radius 1 is 1.07 bits per heavy atom. The van der Waals surface area contributed by atoms with Crippen molar-refractivity contribution >= 4 is 11.6 Å². The molecule has 2 aromatic rings. The Balaban J connectivity index is 1.38. The lowest BCUT2D eigenvalue weighted by Gasteiger charge is -2.35. The summed E-state index contributed by atoms with van der Waals surface area (Å²) in [6.45, 7) is 7.36. The number of aromatic nitrogens is 3. The molecule has 4 rings (SSSR count). The summed E-state index contributed by atoms with van der Waals surface area (Å²) in [7, 11) is 0. The maximum atomic E-state index is 5.49. The predicted molar refractivity (Wildman–Crippen MR) is 106 cm³/mol. The number of nitrogens with one attached hydrogen (secondary N) is 1. The first-order valence-electron chi connectivity index (χ1n) is 10.1. The molecule has 0 aliphatic carbocycles. The van der Waals surface area contributed by atoms with Gasteiger partial charge in [0.25, 0.3) is 0 Å². The minimum Gasteiger partial charge on any atom is -0.381 e. The minimum atomic E-state index is 0.456. The number of anilines is 2. The van der Waals surface area contributed by atoms with E-state index in [0.29, 0.717) is 5.92 Å². The Labute approximate surface area is 161 Å². The second kappa shape index (κ2) is 8.76. The van der Waals surface area contributed by atoms with Gasteiger partial charge in [-0.05, 0) is 63.7 Å². The molecule has 2 aromatic heterocycles. The van der Waals surface area contributed by atoms with Crippen molar-refractivity contribution in [1.82, 2.24) is 19.9 Å². The summed E-state index contributed by atoms with van der Waals surface area (Å²) < 4.78 is 5.49. The van der Waals surface area contributed by atoms with Crippen LogP contribution in [0.4, 0.5) is 11.6 Å². The van der Waals surface area contributed by atoms with Crippen LogP contribution in [0.2, 0.25) is 0 Å². The second-order valence-corrected chi connectivity index (χ2v) is 7.71. The average Bonchev–Trinajstić information content (AvgIpc) is 2.70. The second-order valence-electron chi connectivity index (χ2n) is 7.71. The molecule has 2 fully saturated rings. The lowest BCUT2D eigenvalue weighted by molar-refractivity contribution is 0.0487. The Morgan fingerprint density at radius 3 is 2.63 bits per heavy atom. The quantitative estimate of drug-likeness (QED) is 0.872. The number of pyridine rings is 1. The Kier molecular flexibility index (Phi) is 5.94. The van der Waals surface area contributed by atoms with Crippen molar-refractivity contribution in [3.8, 4) is 0 Å². The maximum absolute atomic E-state index is 5.49. The van der Waals surface area contributed by atoms with E-state index in [2.05, 4.69) is 25.2 Å². The lowest BCUT2D eigenvalue weighted by atomic mass is 9.91. The lowest BCUT2D eigenvalue weighted by Crippen LogP contribution is -2.38. The van der Waals surface area contributed by atoms with E-state index in [1.807, 2.05) is 25.1 Å². The largest absolute Gasteiger partial charge is 0.381 e. The van der Waals surface area contributed by atoms with Crippen LogP contribution in [0, 0.1) is 12.8 Å². The van der Waals surface area contributed by atoms with Crippen LogP contribution in [0.25, 0.3) is 0 Å². The molecule has 27 heavy (non-hydrogen) atoms. The average molecular weight is 367 g/mol. The Bertz CT molecular complexity index is 739. The highest BCUT2D eigenvalue weighted by Gasteiger charge is 2.26. The fourth-order valence-electron chi connectivity index (χ4n) is 4.16. The number of rotatable bonds is 5. The molecule has 2 aliphatic heterocycles. The predicted octanol–water partition coefficient (Wildman–Crippen LogP) is 3.53. The number of piperidine rings is 1. The summed E-state index contributed by atoms with van der Waals surface area (Å²) in [5.41, 5.74) is 2.07. The van der Waals surface area contributed by atoms with E-state index >= 15 is 0 Å². The highest BCUT2D eigenvalue weighted by molar-refractivity contribution is 5.54. The van der Waals surface area contributed by atoms with Crippen LogP contribution in [-0.2, 0) is 4.74 Å². The van der Waals surface area contributed by atoms with Crippen LogP contribution < -0.4 is 5.32 Å². The molecule has 1 N–H and O–H groups in total. The molecule has 4 heterocycles. The SMILES string of the molecule is Cc1cccc(Nc2nccnc2C2CCN(CC3CCOCC3)CC2)n1. The molecular formula is C21H29N5O. The topological polar surface area (TPSA) is 63.2 Å². The van der Waals surface area contributed by atoms with Crippen molar-refractivity contribution in [2.75, 3.05) is 38.2 Å². The van der Waals surface area contributed by atoms with Gasteiger partial charge in [-0.1, -0.05) is 6.07 Å². The van der Waals surface area contributed by atoms with Crippen LogP contribution >= 0.6 is 0 Å². The van der Waals surface area contributed by atoms with Crippen molar-refractivity contribution in [2.45, 2.75) is 38.5 Å². The summed E-state index contributed by atoms with van der Waals surface area (Å²) in [4.78, 5) is 16.4. The van der Waals surface area contributed by atoms with Crippen LogP contribution in [0.15, 0.2) is 30.6 Å². The maximum Gasteiger partial charge on any atom is 0.153 e. The number of hydrogen-bond donors (Lipinski definition) is 1. The first kappa shape index (κ1) is 18.3. The van der Waals surface area contributed by atoms with Gasteiger partial charge >= 0.3 is 0 Å². The molecule has 0 aromatic carbocycles. The van der Waals surface area contributed by atoms with Crippen LogP contribution in [0.3, 0.4) is 0 Å². The number of ether oxygens (including phenoxy) is 1. The smallest absolute Gasteiger partial charge is 0.153 e. The minimum absolute atomic E-state index is 0.456. The van der Waals surface area contributed by atoms with E-state index in [0.717, 1.165) is 68.1 Å². The van der Waals surface area contributed by atoms with Gasteiger partial charge in [-0.2, -0.15) is 0 Å². The molecule has 0 radical (unpaired) electrons. The number of nitrogens with zero attached hydrogens (tertiary/aromatic N) is 4. The molecular weight excluding hydrogens is 338 g/mol. The molecule has 0 amide bonds. The third kappa shape index (κ3) is 4.82. The zero-order valence-corrected chi connectivity index (χ0v) is 16.1. The molecule has 2 aliphatic rings. The fraction of sp³-hybridized carbons (Fsp3) is 0.571. The van der Waals surface area contributed by atoms with Crippen molar-refractivity contribution in [3.05, 3.63) is 42.0 Å². The molecule has 6 nitrogen and oxygen atoms in total. The van der Waals surface area contributed by atoms with Crippen molar-refractivity contribution in [1.29, 1.82) is 0 Å². The van der Waals surface area contributed by atoms with Gasteiger partial charge in [0.05, 0.1) is 5.69 Å². The Morgan fingerprint density at radius 2 is 1.85 bits per heavy atom. The highest BCUT2D eigenvalue weighted by Crippen LogP contribution is 2.32. The first-order valence-corrected chi connectivity index (χ1v) is 10.1. The van der Waals surface area contributed by atoms with Crippen LogP contribution in [-0.4, -0.2) is 52.7 Å². The molecule has 0 atom stereocenters. The van der Waals surface area contributed by atoms with E-state index < -0.39 is 0 Å². The monoisotopic (exact) mass is 367 g/mol. The van der Waals surface area contributed by atoms with E-state index in [-0.39, 0.29) is 0 Å². The van der Waals surface area contributed by atoms with Crippen LogP contribution in [0.5, 0.6) is 0 Å². The molecule has 0 unspecified atom stereocenters. The van der Waals surface area contributed by atoms with Crippen molar-refractivity contribution in [3.63, 3.8) is 0 Å². The molecule has 144 valence electrons. The molecule has 0 saturated carbocycles. The van der Waals surface area contributed by atoms with Gasteiger partial charge in [0.1, 0.15) is 5.82 Å². The van der Waals surface area contributed by atoms with Crippen molar-refractivity contribution < 1.29 is 4.74 Å². The van der Waals surface area contributed by atoms with Gasteiger partial charge in [-0.15, -0.1) is 0 Å². The highest BCUT2D eigenvalue weighted by atomic mass is 16.5. The van der Waals surface area contributed by atoms with Gasteiger partial charge < -0.3 is 15.0 Å². The molecule has 2 saturated heterocycles. The van der Waals surface area contributed by atoms with E-state index in [1.165, 1.54) is 19.4 Å². The summed E-state index contributed by atoms with van der Waals surface area (Å²) in [5, 5.41) is 3.38. The van der Waals surface area contributed by atoms with E-state index in [4.69, 9.17) is 4.74 Å². The standard InChI is InChI=1S/C21H29N5O/c1-16-3-2-4-19(24-16)25-21-20(22-9-10-23-21)18-5-11-26(12-6-18)15-17-7-13-27-14-8-17/h2-4,9-10,17-18H,5-8,11-15H2,1H3,(H,23,24,25). The van der Waals surface area contributed by atoms with Gasteiger partial charge in [-0.25, -0.2) is 9.97 Å². The van der Waals surface area contributed by atoms with Gasteiger partial charge in [0.2, 0.25) is 0 Å². The van der Waals surface area contributed by atoms with E-state index in [9.17, 15) is 0 Å². The number of hydrogen-bond acceptors (Lipinski definition) is 6. The fourth-order valence-corrected chi connectivity index (χ4v) is 4.16. The zero-order valence-electron chi connectivity index (χ0n) is 16.1. The summed E-state index contributed by atoms with van der Waals surface area (Å²) >= 11 is 0. The first-order chi connectivity index (χ1) is 13.3. The molecule has 0 bridgehead atoms. The van der Waals surface area contributed by atoms with Gasteiger partial charge in [0, 0.05) is 43.8 Å². The molecule has 0 spiro atoms. The van der Waals surface area contributed by atoms with Crippen molar-refractivity contribution in [2.24, 2.45) is 5.92 Å². The van der Waals surface area contributed by atoms with Gasteiger partial charge in [-0.3, -0.25) is 4.98 Å².